The number of carbonyl (C=O) groups is 1. The molecule has 2 rings (SSSR count). The Bertz CT molecular complexity index is 602. The number of hydrogen-bond donors (Lipinski definition) is 1. The van der Waals surface area contributed by atoms with Gasteiger partial charge in [0.05, 0.1) is 0 Å². The zero-order valence-corrected chi connectivity index (χ0v) is 11.9. The number of halogens is 1. The Kier molecular flexibility index (Phi) is 4.96. The molecule has 1 aromatic carbocycles. The van der Waals surface area contributed by atoms with Gasteiger partial charge in [-0.15, -0.1) is 0 Å². The molecular formula is C15H15ClN2O2. The quantitative estimate of drug-likeness (QED) is 0.919. The summed E-state index contributed by atoms with van der Waals surface area (Å²) in [6.07, 6.45) is 2.46. The van der Waals surface area contributed by atoms with Crippen LogP contribution in [0.15, 0.2) is 42.6 Å². The SMILES string of the molecule is CCc1cccc(OCC(=O)Nc2cc(Cl)ccn2)c1. The first-order valence-corrected chi connectivity index (χ1v) is 6.68. The van der Waals surface area contributed by atoms with E-state index in [0.717, 1.165) is 6.42 Å². The predicted molar refractivity (Wildman–Crippen MR) is 79.2 cm³/mol. The number of amides is 1. The Morgan fingerprint density at radius 2 is 2.20 bits per heavy atom. The molecule has 0 saturated heterocycles. The van der Waals surface area contributed by atoms with Crippen LogP contribution < -0.4 is 10.1 Å². The molecule has 0 radical (unpaired) electrons. The third-order valence-electron chi connectivity index (χ3n) is 2.67. The molecule has 0 aliphatic carbocycles. The molecule has 1 N–H and O–H groups in total. The summed E-state index contributed by atoms with van der Waals surface area (Å²) in [5.74, 6) is 0.814. The minimum atomic E-state index is -0.276. The molecule has 1 heterocycles. The summed E-state index contributed by atoms with van der Waals surface area (Å²) in [7, 11) is 0. The number of aromatic nitrogens is 1. The minimum Gasteiger partial charge on any atom is -0.484 e. The van der Waals surface area contributed by atoms with Crippen LogP contribution in [0.5, 0.6) is 5.75 Å². The van der Waals surface area contributed by atoms with Crippen LogP contribution in [0.25, 0.3) is 0 Å². The van der Waals surface area contributed by atoms with Gasteiger partial charge in [-0.05, 0) is 36.2 Å². The van der Waals surface area contributed by atoms with Crippen LogP contribution in [0.1, 0.15) is 12.5 Å². The van der Waals surface area contributed by atoms with Crippen molar-refractivity contribution in [2.24, 2.45) is 0 Å². The minimum absolute atomic E-state index is 0.0681. The maximum Gasteiger partial charge on any atom is 0.263 e. The summed E-state index contributed by atoms with van der Waals surface area (Å²) >= 11 is 5.81. The fraction of sp³-hybridized carbons (Fsp3) is 0.200. The summed E-state index contributed by atoms with van der Waals surface area (Å²) in [5, 5.41) is 3.14. The molecule has 104 valence electrons. The van der Waals surface area contributed by atoms with Gasteiger partial charge < -0.3 is 10.1 Å². The van der Waals surface area contributed by atoms with Crippen molar-refractivity contribution < 1.29 is 9.53 Å². The van der Waals surface area contributed by atoms with Gasteiger partial charge in [0.2, 0.25) is 0 Å². The smallest absolute Gasteiger partial charge is 0.263 e. The highest BCUT2D eigenvalue weighted by Crippen LogP contribution is 2.14. The van der Waals surface area contributed by atoms with E-state index in [1.54, 1.807) is 12.1 Å². The van der Waals surface area contributed by atoms with Crippen LogP contribution in [0.2, 0.25) is 5.02 Å². The first-order chi connectivity index (χ1) is 9.67. The van der Waals surface area contributed by atoms with Gasteiger partial charge in [0.15, 0.2) is 6.61 Å². The van der Waals surface area contributed by atoms with E-state index in [1.807, 2.05) is 24.3 Å². The second kappa shape index (κ2) is 6.91. The maximum absolute atomic E-state index is 11.7. The van der Waals surface area contributed by atoms with Crippen molar-refractivity contribution in [1.29, 1.82) is 0 Å². The fourth-order valence-corrected chi connectivity index (χ4v) is 1.82. The summed E-state index contributed by atoms with van der Waals surface area (Å²) in [5.41, 5.74) is 1.17. The van der Waals surface area contributed by atoms with Gasteiger partial charge in [0, 0.05) is 11.2 Å². The number of carbonyl (C=O) groups excluding carboxylic acids is 1. The van der Waals surface area contributed by atoms with E-state index in [-0.39, 0.29) is 12.5 Å². The normalized spacial score (nSPS) is 10.1. The van der Waals surface area contributed by atoms with Crippen molar-refractivity contribution in [3.63, 3.8) is 0 Å². The van der Waals surface area contributed by atoms with Crippen molar-refractivity contribution in [3.8, 4) is 5.75 Å². The predicted octanol–water partition coefficient (Wildman–Crippen LogP) is 3.31. The molecule has 1 aromatic heterocycles. The number of nitrogens with one attached hydrogen (secondary N) is 1. The molecule has 0 aliphatic rings. The summed E-state index contributed by atoms with van der Waals surface area (Å²) in [6.45, 7) is 2.00. The summed E-state index contributed by atoms with van der Waals surface area (Å²) in [6, 6.07) is 10.9. The standard InChI is InChI=1S/C15H15ClN2O2/c1-2-11-4-3-5-13(8-11)20-10-15(19)18-14-9-12(16)6-7-17-14/h3-9H,2,10H2,1H3,(H,17,18,19). The van der Waals surface area contributed by atoms with E-state index < -0.39 is 0 Å². The summed E-state index contributed by atoms with van der Waals surface area (Å²) < 4.78 is 5.44. The highest BCUT2D eigenvalue weighted by atomic mass is 35.5. The van der Waals surface area contributed by atoms with Gasteiger partial charge in [-0.1, -0.05) is 30.7 Å². The first kappa shape index (κ1) is 14.3. The van der Waals surface area contributed by atoms with E-state index in [2.05, 4.69) is 17.2 Å². The average Bonchev–Trinajstić information content (AvgIpc) is 2.45. The Labute approximate surface area is 122 Å². The lowest BCUT2D eigenvalue weighted by Gasteiger charge is -2.08. The highest BCUT2D eigenvalue weighted by molar-refractivity contribution is 6.30. The third kappa shape index (κ3) is 4.24. The Morgan fingerprint density at radius 1 is 1.35 bits per heavy atom. The first-order valence-electron chi connectivity index (χ1n) is 6.30. The molecule has 0 bridgehead atoms. The van der Waals surface area contributed by atoms with Crippen molar-refractivity contribution in [2.75, 3.05) is 11.9 Å². The monoisotopic (exact) mass is 290 g/mol. The molecule has 0 fully saturated rings. The van der Waals surface area contributed by atoms with Crippen molar-refractivity contribution in [3.05, 3.63) is 53.2 Å². The molecule has 0 unspecified atom stereocenters. The van der Waals surface area contributed by atoms with E-state index >= 15 is 0 Å². The molecule has 0 saturated carbocycles. The molecule has 4 nitrogen and oxygen atoms in total. The van der Waals surface area contributed by atoms with Gasteiger partial charge in [0.25, 0.3) is 5.91 Å². The molecule has 20 heavy (non-hydrogen) atoms. The largest absolute Gasteiger partial charge is 0.484 e. The number of pyridine rings is 1. The maximum atomic E-state index is 11.7. The Morgan fingerprint density at radius 3 is 2.95 bits per heavy atom. The Hall–Kier alpha value is -2.07. The number of hydrogen-bond acceptors (Lipinski definition) is 3. The van der Waals surface area contributed by atoms with Crippen LogP contribution in [0, 0.1) is 0 Å². The van der Waals surface area contributed by atoms with E-state index in [9.17, 15) is 4.79 Å². The number of anilines is 1. The summed E-state index contributed by atoms with van der Waals surface area (Å²) in [4.78, 5) is 15.7. The lowest BCUT2D eigenvalue weighted by atomic mass is 10.2. The number of ether oxygens (including phenoxy) is 1. The van der Waals surface area contributed by atoms with Crippen molar-refractivity contribution in [1.82, 2.24) is 4.98 Å². The van der Waals surface area contributed by atoms with Crippen molar-refractivity contribution >= 4 is 23.3 Å². The van der Waals surface area contributed by atoms with Gasteiger partial charge in [-0.2, -0.15) is 0 Å². The van der Waals surface area contributed by atoms with Crippen LogP contribution >= 0.6 is 11.6 Å². The van der Waals surface area contributed by atoms with E-state index in [0.29, 0.717) is 16.6 Å². The molecule has 0 aliphatic heterocycles. The lowest BCUT2D eigenvalue weighted by molar-refractivity contribution is -0.118. The van der Waals surface area contributed by atoms with Gasteiger partial charge in [-0.3, -0.25) is 4.79 Å². The number of rotatable bonds is 5. The van der Waals surface area contributed by atoms with Crippen LogP contribution in [0.4, 0.5) is 5.82 Å². The number of aryl methyl sites for hydroxylation is 1. The average molecular weight is 291 g/mol. The molecule has 2 aromatic rings. The zero-order chi connectivity index (χ0) is 14.4. The van der Waals surface area contributed by atoms with Crippen LogP contribution in [-0.4, -0.2) is 17.5 Å². The Balaban J connectivity index is 1.88. The fourth-order valence-electron chi connectivity index (χ4n) is 1.66. The highest BCUT2D eigenvalue weighted by Gasteiger charge is 2.05. The second-order valence-corrected chi connectivity index (χ2v) is 4.63. The van der Waals surface area contributed by atoms with Gasteiger partial charge >= 0.3 is 0 Å². The second-order valence-electron chi connectivity index (χ2n) is 4.20. The topological polar surface area (TPSA) is 51.2 Å². The van der Waals surface area contributed by atoms with Crippen molar-refractivity contribution in [2.45, 2.75) is 13.3 Å². The van der Waals surface area contributed by atoms with Crippen LogP contribution in [0.3, 0.4) is 0 Å². The lowest BCUT2D eigenvalue weighted by Crippen LogP contribution is -2.20. The van der Waals surface area contributed by atoms with Gasteiger partial charge in [-0.25, -0.2) is 4.98 Å². The molecule has 1 amide bonds. The van der Waals surface area contributed by atoms with Gasteiger partial charge in [0.1, 0.15) is 11.6 Å². The van der Waals surface area contributed by atoms with E-state index in [1.165, 1.54) is 11.8 Å². The number of nitrogens with zero attached hydrogens (tertiary/aromatic N) is 1. The van der Waals surface area contributed by atoms with Crippen LogP contribution in [-0.2, 0) is 11.2 Å². The molecule has 5 heteroatoms. The third-order valence-corrected chi connectivity index (χ3v) is 2.90. The molecule has 0 atom stereocenters. The number of benzene rings is 1. The van der Waals surface area contributed by atoms with E-state index in [4.69, 9.17) is 16.3 Å². The molecule has 0 spiro atoms. The zero-order valence-electron chi connectivity index (χ0n) is 11.1. The molecular weight excluding hydrogens is 276 g/mol.